The second-order valence-corrected chi connectivity index (χ2v) is 7.13. The molecule has 134 valence electrons. The van der Waals surface area contributed by atoms with E-state index in [2.05, 4.69) is 11.0 Å². The average Bonchev–Trinajstić information content (AvgIpc) is 2.54. The van der Waals surface area contributed by atoms with E-state index in [1.54, 1.807) is 6.92 Å². The summed E-state index contributed by atoms with van der Waals surface area (Å²) in [6, 6.07) is 0. The van der Waals surface area contributed by atoms with E-state index in [1.165, 1.54) is 0 Å². The quantitative estimate of drug-likeness (QED) is 0.569. The van der Waals surface area contributed by atoms with E-state index in [1.807, 2.05) is 34.6 Å². The van der Waals surface area contributed by atoms with Crippen molar-refractivity contribution in [1.29, 1.82) is 0 Å². The van der Waals surface area contributed by atoms with Crippen molar-refractivity contribution >= 4 is 5.91 Å². The maximum Gasteiger partial charge on any atom is 0.279 e. The van der Waals surface area contributed by atoms with Crippen molar-refractivity contribution in [2.75, 3.05) is 6.61 Å². The normalized spacial score (nSPS) is 19.8. The molecule has 0 bridgehead atoms. The Kier molecular flexibility index (Phi) is 5.40. The number of ether oxygens (including phenoxy) is 1. The lowest BCUT2D eigenvalue weighted by molar-refractivity contribution is -0.143. The predicted octanol–water partition coefficient (Wildman–Crippen LogP) is 2.61. The molecule has 6 heteroatoms. The molecule has 1 unspecified atom stereocenters. The molecule has 0 aliphatic carbocycles. The fourth-order valence-electron chi connectivity index (χ4n) is 2.83. The van der Waals surface area contributed by atoms with Gasteiger partial charge in [0.2, 0.25) is 0 Å². The first-order valence-corrected chi connectivity index (χ1v) is 8.35. The van der Waals surface area contributed by atoms with Gasteiger partial charge in [0.25, 0.3) is 5.91 Å². The Balaban J connectivity index is 2.14. The molecule has 2 rings (SSSR count). The summed E-state index contributed by atoms with van der Waals surface area (Å²) in [7, 11) is 0. The topological polar surface area (TPSA) is 79.8 Å². The van der Waals surface area contributed by atoms with E-state index < -0.39 is 5.60 Å². The van der Waals surface area contributed by atoms with Gasteiger partial charge in [-0.05, 0) is 56.7 Å². The van der Waals surface area contributed by atoms with Gasteiger partial charge < -0.3 is 9.84 Å². The molecule has 0 radical (unpaired) electrons. The molecular formula is C18H28N2O4. The number of phenols is 1. The number of benzene rings is 1. The van der Waals surface area contributed by atoms with Gasteiger partial charge in [-0.1, -0.05) is 13.8 Å². The van der Waals surface area contributed by atoms with Gasteiger partial charge in [-0.15, -0.1) is 5.59 Å². The Bertz CT molecular complexity index is 643. The number of hydrogen-bond acceptors (Lipinski definition) is 5. The van der Waals surface area contributed by atoms with Crippen LogP contribution in [0.15, 0.2) is 0 Å². The zero-order valence-electron chi connectivity index (χ0n) is 15.4. The molecule has 0 saturated heterocycles. The molecule has 24 heavy (non-hydrogen) atoms. The number of carbonyl (C=O) groups is 1. The van der Waals surface area contributed by atoms with Crippen LogP contribution in [0.3, 0.4) is 0 Å². The van der Waals surface area contributed by atoms with E-state index in [0.717, 1.165) is 22.3 Å². The molecule has 1 atom stereocenters. The van der Waals surface area contributed by atoms with Gasteiger partial charge in [0.05, 0.1) is 6.61 Å². The summed E-state index contributed by atoms with van der Waals surface area (Å²) in [5.74, 6) is 1.10. The zero-order chi connectivity index (χ0) is 18.1. The number of fused-ring (bicyclic) bond motifs is 1. The number of phenolic OH excluding ortho intramolecular Hbond substituents is 1. The third kappa shape index (κ3) is 3.49. The number of amides is 1. The van der Waals surface area contributed by atoms with Crippen molar-refractivity contribution in [1.82, 2.24) is 11.0 Å². The van der Waals surface area contributed by atoms with Crippen LogP contribution in [0.25, 0.3) is 0 Å². The molecule has 1 aliphatic heterocycles. The summed E-state index contributed by atoms with van der Waals surface area (Å²) in [6.45, 7) is 12.0. The lowest BCUT2D eigenvalue weighted by Gasteiger charge is -2.36. The Labute approximate surface area is 143 Å². The first kappa shape index (κ1) is 18.5. The van der Waals surface area contributed by atoms with Gasteiger partial charge >= 0.3 is 0 Å². The number of hydrogen-bond donors (Lipinski definition) is 3. The Morgan fingerprint density at radius 1 is 1.29 bits per heavy atom. The molecule has 3 N–H and O–H groups in total. The summed E-state index contributed by atoms with van der Waals surface area (Å²) in [5.41, 5.74) is 7.52. The highest BCUT2D eigenvalue weighted by Crippen LogP contribution is 2.43. The Morgan fingerprint density at radius 3 is 2.58 bits per heavy atom. The van der Waals surface area contributed by atoms with Crippen molar-refractivity contribution in [3.63, 3.8) is 0 Å². The molecule has 0 aromatic heterocycles. The number of hydrazine groups is 1. The van der Waals surface area contributed by atoms with E-state index >= 15 is 0 Å². The van der Waals surface area contributed by atoms with Crippen molar-refractivity contribution in [2.45, 2.75) is 60.0 Å². The molecule has 6 nitrogen and oxygen atoms in total. The van der Waals surface area contributed by atoms with Crippen LogP contribution >= 0.6 is 0 Å². The van der Waals surface area contributed by atoms with Crippen LogP contribution in [0.2, 0.25) is 0 Å². The first-order valence-electron chi connectivity index (χ1n) is 8.35. The van der Waals surface area contributed by atoms with Crippen molar-refractivity contribution < 1.29 is 19.5 Å². The zero-order valence-corrected chi connectivity index (χ0v) is 15.4. The minimum atomic E-state index is -0.984. The molecule has 1 amide bonds. The lowest BCUT2D eigenvalue weighted by Crippen LogP contribution is -2.54. The lowest BCUT2D eigenvalue weighted by atomic mass is 9.87. The van der Waals surface area contributed by atoms with Crippen molar-refractivity contribution in [3.8, 4) is 11.5 Å². The minimum absolute atomic E-state index is 0.278. The van der Waals surface area contributed by atoms with Gasteiger partial charge in [0.1, 0.15) is 11.5 Å². The van der Waals surface area contributed by atoms with Gasteiger partial charge in [-0.2, -0.15) is 0 Å². The van der Waals surface area contributed by atoms with Crippen LogP contribution in [0.5, 0.6) is 11.5 Å². The highest BCUT2D eigenvalue weighted by Gasteiger charge is 2.40. The monoisotopic (exact) mass is 336 g/mol. The fourth-order valence-corrected chi connectivity index (χ4v) is 2.83. The number of aromatic hydroxyl groups is 1. The molecular weight excluding hydrogens is 308 g/mol. The number of nitrogens with one attached hydrogen (secondary N) is 2. The van der Waals surface area contributed by atoms with Gasteiger partial charge in [0, 0.05) is 12.0 Å². The van der Waals surface area contributed by atoms with Crippen LogP contribution < -0.4 is 15.8 Å². The molecule has 1 heterocycles. The van der Waals surface area contributed by atoms with Crippen LogP contribution in [0, 0.1) is 26.7 Å². The maximum atomic E-state index is 12.5. The Hall–Kier alpha value is -1.79. The largest absolute Gasteiger partial charge is 0.507 e. The highest BCUT2D eigenvalue weighted by atomic mass is 16.7. The standard InChI is InChI=1S/C18H28N2O4/c1-10(2)9-23-20-19-17(22)18(6)8-7-14-13(5)15(21)11(3)12(4)16(14)24-18/h10,20-21H,7-9H2,1-6H3,(H,19,22). The summed E-state index contributed by atoms with van der Waals surface area (Å²) in [5, 5.41) is 10.2. The molecule has 0 saturated carbocycles. The molecule has 1 aromatic carbocycles. The van der Waals surface area contributed by atoms with E-state index in [4.69, 9.17) is 9.57 Å². The maximum absolute atomic E-state index is 12.5. The van der Waals surface area contributed by atoms with Crippen LogP contribution in [-0.2, 0) is 16.1 Å². The van der Waals surface area contributed by atoms with Crippen molar-refractivity contribution in [3.05, 3.63) is 22.3 Å². The summed E-state index contributed by atoms with van der Waals surface area (Å²) >= 11 is 0. The molecule has 0 fully saturated rings. The van der Waals surface area contributed by atoms with E-state index in [-0.39, 0.29) is 5.91 Å². The summed E-state index contributed by atoms with van der Waals surface area (Å²) < 4.78 is 6.09. The van der Waals surface area contributed by atoms with Crippen LogP contribution in [0.4, 0.5) is 0 Å². The minimum Gasteiger partial charge on any atom is -0.507 e. The van der Waals surface area contributed by atoms with Gasteiger partial charge in [0.15, 0.2) is 5.60 Å². The second-order valence-electron chi connectivity index (χ2n) is 7.13. The third-order valence-electron chi connectivity index (χ3n) is 4.65. The average molecular weight is 336 g/mol. The second kappa shape index (κ2) is 6.99. The number of rotatable bonds is 5. The fraction of sp³-hybridized carbons (Fsp3) is 0.611. The van der Waals surface area contributed by atoms with Crippen LogP contribution in [0.1, 0.15) is 49.4 Å². The van der Waals surface area contributed by atoms with Gasteiger partial charge in [-0.25, -0.2) is 0 Å². The molecule has 0 spiro atoms. The van der Waals surface area contributed by atoms with Gasteiger partial charge in [-0.3, -0.25) is 15.1 Å². The van der Waals surface area contributed by atoms with Crippen LogP contribution in [-0.4, -0.2) is 23.2 Å². The predicted molar refractivity (Wildman–Crippen MR) is 91.7 cm³/mol. The first-order chi connectivity index (χ1) is 11.2. The van der Waals surface area contributed by atoms with E-state index in [0.29, 0.717) is 36.9 Å². The molecule has 1 aliphatic rings. The molecule has 1 aromatic rings. The SMILES string of the molecule is Cc1c(C)c2c(c(C)c1O)CCC(C)(C(=O)NNOCC(C)C)O2. The summed E-state index contributed by atoms with van der Waals surface area (Å²) in [4.78, 5) is 17.7. The smallest absolute Gasteiger partial charge is 0.279 e. The van der Waals surface area contributed by atoms with E-state index in [9.17, 15) is 9.90 Å². The Morgan fingerprint density at radius 2 is 1.96 bits per heavy atom. The summed E-state index contributed by atoms with van der Waals surface area (Å²) in [6.07, 6.45) is 1.20. The van der Waals surface area contributed by atoms with Crippen molar-refractivity contribution in [2.24, 2.45) is 5.92 Å². The highest BCUT2D eigenvalue weighted by molar-refractivity contribution is 5.85. The third-order valence-corrected chi connectivity index (χ3v) is 4.65. The number of carbonyl (C=O) groups excluding carboxylic acids is 1.